The molecule has 0 saturated heterocycles. The van der Waals surface area contributed by atoms with Gasteiger partial charge in [-0.25, -0.2) is 29.9 Å². The molecular weight excluding hydrogens is 785 g/mol. The van der Waals surface area contributed by atoms with E-state index in [1.54, 1.807) is 0 Å². The Hall–Kier alpha value is -7.84. The van der Waals surface area contributed by atoms with E-state index in [0.717, 1.165) is 66.8 Å². The maximum Gasteiger partial charge on any atom is 0.165 e. The molecule has 11 aromatic rings. The Morgan fingerprint density at radius 2 is 0.719 bits per heavy atom. The van der Waals surface area contributed by atoms with Crippen LogP contribution in [-0.2, 0) is 0 Å². The minimum atomic E-state index is 0.649. The minimum Gasteiger partial charge on any atom is -0.309 e. The van der Waals surface area contributed by atoms with Crippen molar-refractivity contribution >= 4 is 43.6 Å². The van der Waals surface area contributed by atoms with Crippen LogP contribution in [0.3, 0.4) is 0 Å². The molecule has 0 fully saturated rings. The van der Waals surface area contributed by atoms with Gasteiger partial charge < -0.3 is 9.13 Å². The van der Waals surface area contributed by atoms with Gasteiger partial charge in [0.25, 0.3) is 0 Å². The summed E-state index contributed by atoms with van der Waals surface area (Å²) >= 11 is 0. The summed E-state index contributed by atoms with van der Waals surface area (Å²) in [5, 5.41) is 4.90. The molecule has 0 N–H and O–H groups in total. The standard InChI is InChI=1S/C56H46N8/c1-31-12-19-50-45(24-31)46-25-32(2)13-20-51(46)63(50)49-23-17-42(55-59-35(5)57-36(6)60-55)29-44(49)41-11-9-10-39(28-41)40-16-18-43(56-61-37(7)58-38(8)62-56)54(30-40)64-52-21-14-33(3)26-47(52)48-27-34(4)15-22-53(48)64/h9-30H,1-8H3. The molecule has 8 nitrogen and oxygen atoms in total. The Labute approximate surface area is 372 Å². The summed E-state index contributed by atoms with van der Waals surface area (Å²) in [5.74, 6) is 4.07. The van der Waals surface area contributed by atoms with Gasteiger partial charge in [-0.15, -0.1) is 0 Å². The highest BCUT2D eigenvalue weighted by molar-refractivity contribution is 6.11. The molecule has 4 heterocycles. The molecule has 0 unspecified atom stereocenters. The topological polar surface area (TPSA) is 87.2 Å². The summed E-state index contributed by atoms with van der Waals surface area (Å²) in [7, 11) is 0. The molecule has 0 spiro atoms. The van der Waals surface area contributed by atoms with Gasteiger partial charge >= 0.3 is 0 Å². The summed E-state index contributed by atoms with van der Waals surface area (Å²) in [5.41, 5.74) is 17.7. The average Bonchev–Trinajstić information content (AvgIpc) is 3.76. The third-order valence-electron chi connectivity index (χ3n) is 12.4. The second-order valence-corrected chi connectivity index (χ2v) is 17.3. The highest BCUT2D eigenvalue weighted by atomic mass is 15.0. The smallest absolute Gasteiger partial charge is 0.165 e. The molecule has 310 valence electrons. The van der Waals surface area contributed by atoms with Crippen LogP contribution in [0.15, 0.2) is 133 Å². The molecule has 11 rings (SSSR count). The highest BCUT2D eigenvalue weighted by Crippen LogP contribution is 2.42. The third-order valence-corrected chi connectivity index (χ3v) is 12.4. The number of benzene rings is 7. The Balaban J connectivity index is 1.16. The van der Waals surface area contributed by atoms with Crippen LogP contribution in [0.5, 0.6) is 0 Å². The quantitative estimate of drug-likeness (QED) is 0.166. The molecule has 4 aromatic heterocycles. The molecular formula is C56H46N8. The molecule has 64 heavy (non-hydrogen) atoms. The summed E-state index contributed by atoms with van der Waals surface area (Å²) in [6.07, 6.45) is 0. The molecule has 0 amide bonds. The molecule has 0 atom stereocenters. The van der Waals surface area contributed by atoms with Crippen molar-refractivity contribution in [3.8, 4) is 56.4 Å². The van der Waals surface area contributed by atoms with Gasteiger partial charge in [0.1, 0.15) is 23.3 Å². The molecule has 8 heteroatoms. The predicted molar refractivity (Wildman–Crippen MR) is 262 cm³/mol. The van der Waals surface area contributed by atoms with Crippen molar-refractivity contribution in [3.05, 3.63) is 179 Å². The van der Waals surface area contributed by atoms with Crippen LogP contribution in [0.4, 0.5) is 0 Å². The fourth-order valence-electron chi connectivity index (χ4n) is 9.55. The molecule has 0 radical (unpaired) electrons. The van der Waals surface area contributed by atoms with Crippen molar-refractivity contribution in [2.24, 2.45) is 0 Å². The number of nitrogens with zero attached hydrogens (tertiary/aromatic N) is 8. The fourth-order valence-corrected chi connectivity index (χ4v) is 9.55. The number of rotatable bonds is 6. The van der Waals surface area contributed by atoms with Crippen molar-refractivity contribution in [3.63, 3.8) is 0 Å². The zero-order valence-electron chi connectivity index (χ0n) is 37.3. The van der Waals surface area contributed by atoms with Crippen molar-refractivity contribution in [1.82, 2.24) is 39.0 Å². The largest absolute Gasteiger partial charge is 0.309 e. The average molecular weight is 831 g/mol. The Kier molecular flexibility index (Phi) is 9.10. The first-order chi connectivity index (χ1) is 30.9. The van der Waals surface area contributed by atoms with Crippen LogP contribution in [0.25, 0.3) is 100 Å². The summed E-state index contributed by atoms with van der Waals surface area (Å²) < 4.78 is 4.79. The van der Waals surface area contributed by atoms with Crippen molar-refractivity contribution in [2.75, 3.05) is 0 Å². The lowest BCUT2D eigenvalue weighted by Crippen LogP contribution is -2.03. The van der Waals surface area contributed by atoms with Gasteiger partial charge in [0.15, 0.2) is 11.6 Å². The van der Waals surface area contributed by atoms with E-state index in [4.69, 9.17) is 19.9 Å². The SMILES string of the molecule is Cc1ccc2c(c1)c1cc(C)ccc1n2-c1ccc(-c2nc(C)nc(C)n2)cc1-c1cccc(-c2ccc(-c3nc(C)nc(C)n3)c(-n3c4ccc(C)cc4c4cc(C)ccc43)c2)c1. The van der Waals surface area contributed by atoms with E-state index < -0.39 is 0 Å². The normalized spacial score (nSPS) is 11.8. The number of hydrogen-bond acceptors (Lipinski definition) is 6. The Morgan fingerprint density at radius 1 is 0.297 bits per heavy atom. The number of hydrogen-bond donors (Lipinski definition) is 0. The van der Waals surface area contributed by atoms with Gasteiger partial charge in [0.05, 0.1) is 33.4 Å². The third kappa shape index (κ3) is 6.61. The summed E-state index contributed by atoms with van der Waals surface area (Å²) in [4.78, 5) is 28.4. The van der Waals surface area contributed by atoms with E-state index in [1.807, 2.05) is 27.7 Å². The van der Waals surface area contributed by atoms with Gasteiger partial charge in [0, 0.05) is 38.2 Å². The lowest BCUT2D eigenvalue weighted by molar-refractivity contribution is 0.926. The summed E-state index contributed by atoms with van der Waals surface area (Å²) in [6, 6.07) is 49.1. The van der Waals surface area contributed by atoms with Crippen LogP contribution in [0, 0.1) is 55.4 Å². The van der Waals surface area contributed by atoms with Crippen molar-refractivity contribution in [1.29, 1.82) is 0 Å². The monoisotopic (exact) mass is 830 g/mol. The van der Waals surface area contributed by atoms with E-state index in [-0.39, 0.29) is 0 Å². The van der Waals surface area contributed by atoms with Gasteiger partial charge in [-0.2, -0.15) is 0 Å². The highest BCUT2D eigenvalue weighted by Gasteiger charge is 2.21. The van der Waals surface area contributed by atoms with E-state index in [1.165, 1.54) is 43.8 Å². The number of fused-ring (bicyclic) bond motifs is 6. The van der Waals surface area contributed by atoms with Gasteiger partial charge in [-0.3, -0.25) is 0 Å². The van der Waals surface area contributed by atoms with Crippen LogP contribution in [0.1, 0.15) is 45.6 Å². The first-order valence-electron chi connectivity index (χ1n) is 21.8. The molecule has 0 aliphatic rings. The van der Waals surface area contributed by atoms with Crippen molar-refractivity contribution < 1.29 is 0 Å². The Bertz CT molecular complexity index is 3560. The van der Waals surface area contributed by atoms with Crippen LogP contribution in [-0.4, -0.2) is 39.0 Å². The second-order valence-electron chi connectivity index (χ2n) is 17.3. The summed E-state index contributed by atoms with van der Waals surface area (Å²) in [6.45, 7) is 16.3. The van der Waals surface area contributed by atoms with E-state index >= 15 is 0 Å². The number of aromatic nitrogens is 8. The van der Waals surface area contributed by atoms with Crippen LogP contribution >= 0.6 is 0 Å². The van der Waals surface area contributed by atoms with Gasteiger partial charge in [-0.05, 0) is 157 Å². The van der Waals surface area contributed by atoms with Gasteiger partial charge in [-0.1, -0.05) is 70.8 Å². The molecule has 0 saturated carbocycles. The first kappa shape index (κ1) is 39.0. The van der Waals surface area contributed by atoms with Crippen LogP contribution < -0.4 is 0 Å². The maximum atomic E-state index is 4.90. The molecule has 0 bridgehead atoms. The second kappa shape index (κ2) is 14.9. The fraction of sp³-hybridized carbons (Fsp3) is 0.143. The van der Waals surface area contributed by atoms with E-state index in [2.05, 4.69) is 180 Å². The zero-order valence-corrected chi connectivity index (χ0v) is 37.3. The van der Waals surface area contributed by atoms with E-state index in [9.17, 15) is 0 Å². The first-order valence-corrected chi connectivity index (χ1v) is 21.8. The maximum absolute atomic E-state index is 4.90. The Morgan fingerprint density at radius 3 is 1.22 bits per heavy atom. The number of aryl methyl sites for hydroxylation is 8. The predicted octanol–water partition coefficient (Wildman–Crippen LogP) is 13.4. The lowest BCUT2D eigenvalue weighted by Gasteiger charge is -2.18. The molecule has 0 aliphatic carbocycles. The minimum absolute atomic E-state index is 0.649. The lowest BCUT2D eigenvalue weighted by atomic mass is 9.95. The molecule has 7 aromatic carbocycles. The zero-order chi connectivity index (χ0) is 44.0. The van der Waals surface area contributed by atoms with E-state index in [0.29, 0.717) is 34.9 Å². The molecule has 0 aliphatic heterocycles. The van der Waals surface area contributed by atoms with Gasteiger partial charge in [0.2, 0.25) is 0 Å². The van der Waals surface area contributed by atoms with Crippen molar-refractivity contribution in [2.45, 2.75) is 55.4 Å². The van der Waals surface area contributed by atoms with Crippen LogP contribution in [0.2, 0.25) is 0 Å².